The number of aliphatic carboxylic acids is 1. The quantitative estimate of drug-likeness (QED) is 0.773. The third kappa shape index (κ3) is 6.37. The summed E-state index contributed by atoms with van der Waals surface area (Å²) in [7, 11) is 0. The average molecular weight is 343 g/mol. The minimum atomic E-state index is -1.06. The number of carboxylic acid groups (broad SMARTS) is 1. The molecule has 2 rings (SSSR count). The van der Waals surface area contributed by atoms with E-state index in [-0.39, 0.29) is 30.5 Å². The van der Waals surface area contributed by atoms with Crippen LogP contribution in [0.15, 0.2) is 54.6 Å². The van der Waals surface area contributed by atoms with E-state index in [1.54, 1.807) is 6.07 Å². The number of carbonyl (C=O) groups is 2. The normalized spacial score (nSPS) is 13.0. The minimum Gasteiger partial charge on any atom is -0.480 e. The molecule has 132 valence electrons. The minimum absolute atomic E-state index is 0.0204. The SMILES string of the molecule is CC(CC(=O)NC(Cc1ccccc1)C(=O)O)Cc1cccc(F)c1. The monoisotopic (exact) mass is 343 g/mol. The van der Waals surface area contributed by atoms with Gasteiger partial charge in [-0.3, -0.25) is 4.79 Å². The highest BCUT2D eigenvalue weighted by atomic mass is 19.1. The van der Waals surface area contributed by atoms with Crippen molar-refractivity contribution in [3.8, 4) is 0 Å². The second kappa shape index (κ2) is 8.97. The van der Waals surface area contributed by atoms with Crippen molar-refractivity contribution in [2.24, 2.45) is 5.92 Å². The first-order chi connectivity index (χ1) is 11.9. The number of hydrogen-bond acceptors (Lipinski definition) is 2. The molecule has 0 spiro atoms. The van der Waals surface area contributed by atoms with Gasteiger partial charge in [0, 0.05) is 12.8 Å². The summed E-state index contributed by atoms with van der Waals surface area (Å²) in [6.07, 6.45) is 0.983. The standard InChI is InChI=1S/C20H22FNO3/c1-14(10-16-8-5-9-17(21)12-16)11-19(23)22-18(20(24)25)13-15-6-3-2-4-7-15/h2-9,12,14,18H,10-11,13H2,1H3,(H,22,23)(H,24,25). The van der Waals surface area contributed by atoms with E-state index in [2.05, 4.69) is 5.32 Å². The van der Waals surface area contributed by atoms with E-state index in [1.165, 1.54) is 12.1 Å². The molecule has 0 radical (unpaired) electrons. The molecule has 0 aliphatic carbocycles. The Morgan fingerprint density at radius 2 is 1.72 bits per heavy atom. The summed E-state index contributed by atoms with van der Waals surface area (Å²) in [5.41, 5.74) is 1.67. The molecule has 0 saturated heterocycles. The summed E-state index contributed by atoms with van der Waals surface area (Å²) >= 11 is 0. The number of halogens is 1. The highest BCUT2D eigenvalue weighted by Gasteiger charge is 2.21. The van der Waals surface area contributed by atoms with Gasteiger partial charge >= 0.3 is 5.97 Å². The number of carbonyl (C=O) groups excluding carboxylic acids is 1. The Morgan fingerprint density at radius 1 is 1.04 bits per heavy atom. The predicted octanol–water partition coefficient (Wildman–Crippen LogP) is 3.21. The maximum Gasteiger partial charge on any atom is 0.326 e. The van der Waals surface area contributed by atoms with Gasteiger partial charge in [0.05, 0.1) is 0 Å². The van der Waals surface area contributed by atoms with E-state index < -0.39 is 12.0 Å². The largest absolute Gasteiger partial charge is 0.480 e. The zero-order valence-electron chi connectivity index (χ0n) is 14.1. The summed E-state index contributed by atoms with van der Waals surface area (Å²) in [6.45, 7) is 1.89. The summed E-state index contributed by atoms with van der Waals surface area (Å²) in [4.78, 5) is 23.6. The fraction of sp³-hybridized carbons (Fsp3) is 0.300. The number of carboxylic acids is 1. The van der Waals surface area contributed by atoms with Crippen molar-refractivity contribution >= 4 is 11.9 Å². The van der Waals surface area contributed by atoms with Crippen LogP contribution in [0.1, 0.15) is 24.5 Å². The molecule has 0 aliphatic heterocycles. The van der Waals surface area contributed by atoms with Gasteiger partial charge in [0.2, 0.25) is 5.91 Å². The van der Waals surface area contributed by atoms with Crippen molar-refractivity contribution in [3.63, 3.8) is 0 Å². The van der Waals surface area contributed by atoms with E-state index in [1.807, 2.05) is 43.3 Å². The molecule has 0 bridgehead atoms. The summed E-state index contributed by atoms with van der Waals surface area (Å²) in [6, 6.07) is 14.5. The van der Waals surface area contributed by atoms with Crippen LogP contribution in [0.4, 0.5) is 4.39 Å². The zero-order valence-corrected chi connectivity index (χ0v) is 14.1. The predicted molar refractivity (Wildman–Crippen MR) is 93.6 cm³/mol. The van der Waals surface area contributed by atoms with Crippen LogP contribution >= 0.6 is 0 Å². The maximum absolute atomic E-state index is 13.2. The lowest BCUT2D eigenvalue weighted by Gasteiger charge is -2.17. The van der Waals surface area contributed by atoms with Gasteiger partial charge in [-0.25, -0.2) is 9.18 Å². The van der Waals surface area contributed by atoms with Crippen LogP contribution in [0, 0.1) is 11.7 Å². The molecule has 2 atom stereocenters. The Bertz CT molecular complexity index is 718. The van der Waals surface area contributed by atoms with E-state index in [0.717, 1.165) is 11.1 Å². The molecule has 4 nitrogen and oxygen atoms in total. The van der Waals surface area contributed by atoms with E-state index in [9.17, 15) is 19.1 Å². The molecular formula is C20H22FNO3. The first kappa shape index (κ1) is 18.6. The van der Waals surface area contributed by atoms with Crippen LogP contribution in [0.25, 0.3) is 0 Å². The molecule has 5 heteroatoms. The van der Waals surface area contributed by atoms with Crippen LogP contribution in [-0.4, -0.2) is 23.0 Å². The first-order valence-electron chi connectivity index (χ1n) is 8.24. The molecule has 0 fully saturated rings. The smallest absolute Gasteiger partial charge is 0.326 e. The fourth-order valence-corrected chi connectivity index (χ4v) is 2.76. The molecule has 1 amide bonds. The van der Waals surface area contributed by atoms with Crippen molar-refractivity contribution in [1.82, 2.24) is 5.32 Å². The van der Waals surface area contributed by atoms with Crippen LogP contribution in [-0.2, 0) is 22.4 Å². The Labute approximate surface area is 146 Å². The molecule has 0 aromatic heterocycles. The number of hydrogen-bond donors (Lipinski definition) is 2. The van der Waals surface area contributed by atoms with Gasteiger partial charge in [0.25, 0.3) is 0 Å². The topological polar surface area (TPSA) is 66.4 Å². The van der Waals surface area contributed by atoms with Crippen LogP contribution in [0.2, 0.25) is 0 Å². The molecule has 2 aromatic rings. The number of nitrogens with one attached hydrogen (secondary N) is 1. The molecule has 0 heterocycles. The lowest BCUT2D eigenvalue weighted by atomic mass is 9.97. The summed E-state index contributed by atoms with van der Waals surface area (Å²) in [5, 5.41) is 11.9. The Balaban J connectivity index is 1.89. The molecule has 0 saturated carbocycles. The highest BCUT2D eigenvalue weighted by Crippen LogP contribution is 2.13. The summed E-state index contributed by atoms with van der Waals surface area (Å²) < 4.78 is 13.2. The van der Waals surface area contributed by atoms with Crippen LogP contribution < -0.4 is 5.32 Å². The van der Waals surface area contributed by atoms with Crippen molar-refractivity contribution in [2.75, 3.05) is 0 Å². The Kier molecular flexibility index (Phi) is 6.69. The third-order valence-electron chi connectivity index (χ3n) is 3.92. The van der Waals surface area contributed by atoms with Gasteiger partial charge < -0.3 is 10.4 Å². The molecule has 0 aliphatic rings. The number of benzene rings is 2. The zero-order chi connectivity index (χ0) is 18.2. The summed E-state index contributed by atoms with van der Waals surface area (Å²) in [5.74, 6) is -1.70. The van der Waals surface area contributed by atoms with Gasteiger partial charge in [-0.2, -0.15) is 0 Å². The lowest BCUT2D eigenvalue weighted by molar-refractivity contribution is -0.141. The third-order valence-corrected chi connectivity index (χ3v) is 3.92. The molecular weight excluding hydrogens is 321 g/mol. The average Bonchev–Trinajstić information content (AvgIpc) is 2.54. The Morgan fingerprint density at radius 3 is 2.36 bits per heavy atom. The number of amides is 1. The van der Waals surface area contributed by atoms with Crippen molar-refractivity contribution in [1.29, 1.82) is 0 Å². The van der Waals surface area contributed by atoms with Crippen molar-refractivity contribution in [3.05, 3.63) is 71.5 Å². The highest BCUT2D eigenvalue weighted by molar-refractivity contribution is 5.83. The molecule has 2 N–H and O–H groups in total. The molecule has 2 unspecified atom stereocenters. The van der Waals surface area contributed by atoms with Crippen molar-refractivity contribution < 1.29 is 19.1 Å². The lowest BCUT2D eigenvalue weighted by Crippen LogP contribution is -2.42. The van der Waals surface area contributed by atoms with E-state index in [4.69, 9.17) is 0 Å². The fourth-order valence-electron chi connectivity index (χ4n) is 2.76. The van der Waals surface area contributed by atoms with Gasteiger partial charge in [0.15, 0.2) is 0 Å². The first-order valence-corrected chi connectivity index (χ1v) is 8.24. The second-order valence-corrected chi connectivity index (χ2v) is 6.29. The van der Waals surface area contributed by atoms with Gasteiger partial charge in [-0.05, 0) is 35.6 Å². The Hall–Kier alpha value is -2.69. The van der Waals surface area contributed by atoms with E-state index >= 15 is 0 Å². The number of rotatable bonds is 8. The maximum atomic E-state index is 13.2. The van der Waals surface area contributed by atoms with E-state index in [0.29, 0.717) is 6.42 Å². The molecule has 25 heavy (non-hydrogen) atoms. The van der Waals surface area contributed by atoms with Crippen LogP contribution in [0.5, 0.6) is 0 Å². The molecule has 2 aromatic carbocycles. The van der Waals surface area contributed by atoms with Crippen LogP contribution in [0.3, 0.4) is 0 Å². The van der Waals surface area contributed by atoms with Crippen molar-refractivity contribution in [2.45, 2.75) is 32.2 Å². The van der Waals surface area contributed by atoms with Gasteiger partial charge in [-0.15, -0.1) is 0 Å². The van der Waals surface area contributed by atoms with Gasteiger partial charge in [-0.1, -0.05) is 49.4 Å². The van der Waals surface area contributed by atoms with Gasteiger partial charge in [0.1, 0.15) is 11.9 Å². The second-order valence-electron chi connectivity index (χ2n) is 6.29.